The number of hydrogen-bond donors (Lipinski definition) is 3. The third-order valence-electron chi connectivity index (χ3n) is 1.63. The van der Waals surface area contributed by atoms with Crippen LogP contribution < -0.4 is 0 Å². The number of rotatable bonds is 1. The lowest BCUT2D eigenvalue weighted by Crippen LogP contribution is -2.37. The van der Waals surface area contributed by atoms with Crippen molar-refractivity contribution >= 4 is 5.97 Å². The molecule has 0 amide bonds. The van der Waals surface area contributed by atoms with Crippen LogP contribution in [-0.4, -0.2) is 45.7 Å². The highest BCUT2D eigenvalue weighted by molar-refractivity contribution is 5.77. The van der Waals surface area contributed by atoms with Crippen LogP contribution in [0.5, 0.6) is 0 Å². The van der Waals surface area contributed by atoms with E-state index in [1.807, 2.05) is 0 Å². The van der Waals surface area contributed by atoms with Crippen LogP contribution in [0, 0.1) is 0 Å². The molecule has 1 heterocycles. The van der Waals surface area contributed by atoms with Gasteiger partial charge in [0.25, 0.3) is 0 Å². The number of cyclic esters (lactones) is 1. The highest BCUT2D eigenvalue weighted by Crippen LogP contribution is 2.18. The third kappa shape index (κ3) is 1.35. The largest absolute Gasteiger partial charge is 0.455 e. The molecule has 0 aromatic rings. The molecule has 1 fully saturated rings. The fraction of sp³-hybridized carbons (Fsp3) is 0.833. The van der Waals surface area contributed by atoms with Crippen molar-refractivity contribution in [1.29, 1.82) is 0 Å². The molecule has 5 heteroatoms. The van der Waals surface area contributed by atoms with Gasteiger partial charge in [0.2, 0.25) is 0 Å². The minimum atomic E-state index is -1.52. The topological polar surface area (TPSA) is 87.0 Å². The Morgan fingerprint density at radius 1 is 1.55 bits per heavy atom. The summed E-state index contributed by atoms with van der Waals surface area (Å²) in [6.07, 6.45) is -4.80. The quantitative estimate of drug-likeness (QED) is 0.389. The Morgan fingerprint density at radius 2 is 2.09 bits per heavy atom. The predicted octanol–water partition coefficient (Wildman–Crippen LogP) is -1.99. The summed E-state index contributed by atoms with van der Waals surface area (Å²) < 4.78 is 4.46. The van der Waals surface area contributed by atoms with E-state index in [4.69, 9.17) is 15.3 Å². The van der Waals surface area contributed by atoms with Crippen molar-refractivity contribution in [2.45, 2.75) is 31.3 Å². The predicted molar refractivity (Wildman–Crippen MR) is 33.6 cm³/mol. The minimum Gasteiger partial charge on any atom is -0.455 e. The average Bonchev–Trinajstić information content (AvgIpc) is 2.17. The molecule has 0 saturated carbocycles. The van der Waals surface area contributed by atoms with Crippen LogP contribution in [0.25, 0.3) is 0 Å². The average molecular weight is 162 g/mol. The molecule has 1 aliphatic rings. The van der Waals surface area contributed by atoms with Crippen molar-refractivity contribution in [2.75, 3.05) is 0 Å². The van der Waals surface area contributed by atoms with E-state index in [0.717, 1.165) is 0 Å². The number of carbonyl (C=O) groups is 1. The molecule has 0 bridgehead atoms. The molecule has 0 spiro atoms. The van der Waals surface area contributed by atoms with Gasteiger partial charge in [-0.15, -0.1) is 0 Å². The maximum atomic E-state index is 10.6. The summed E-state index contributed by atoms with van der Waals surface area (Å²) >= 11 is 0. The van der Waals surface area contributed by atoms with Gasteiger partial charge in [0.15, 0.2) is 12.2 Å². The minimum absolute atomic E-state index is 0.886. The Kier molecular flexibility index (Phi) is 2.12. The number of carbonyl (C=O) groups excluding carboxylic acids is 1. The lowest BCUT2D eigenvalue weighted by molar-refractivity contribution is -0.150. The zero-order valence-corrected chi connectivity index (χ0v) is 5.97. The molecule has 3 N–H and O–H groups in total. The Balaban J connectivity index is 2.67. The molecule has 3 unspecified atom stereocenters. The molecule has 1 rings (SSSR count). The van der Waals surface area contributed by atoms with Crippen molar-refractivity contribution in [3.8, 4) is 0 Å². The Morgan fingerprint density at radius 3 is 2.27 bits per heavy atom. The second-order valence-electron chi connectivity index (χ2n) is 2.58. The van der Waals surface area contributed by atoms with E-state index >= 15 is 0 Å². The molecule has 4 atom stereocenters. The summed E-state index contributed by atoms with van der Waals surface area (Å²) in [6, 6.07) is 0. The summed E-state index contributed by atoms with van der Waals surface area (Å²) in [5, 5.41) is 26.8. The number of aliphatic hydroxyl groups is 3. The van der Waals surface area contributed by atoms with E-state index in [2.05, 4.69) is 4.74 Å². The van der Waals surface area contributed by atoms with Crippen LogP contribution in [0.4, 0.5) is 0 Å². The number of hydrogen-bond acceptors (Lipinski definition) is 5. The standard InChI is InChI=1S/C6H10O5/c1-2(7)5-3(8)4(9)6(10)11-5/h2-5,7-9H,1H3/t2?,3?,4?,5-/m1/s1. The van der Waals surface area contributed by atoms with Gasteiger partial charge in [-0.25, -0.2) is 4.79 Å². The Bertz CT molecular complexity index is 166. The van der Waals surface area contributed by atoms with Gasteiger partial charge in [-0.2, -0.15) is 0 Å². The van der Waals surface area contributed by atoms with Crippen LogP contribution in [0.3, 0.4) is 0 Å². The molecule has 64 valence electrons. The van der Waals surface area contributed by atoms with Gasteiger partial charge in [0, 0.05) is 0 Å². The molecular weight excluding hydrogens is 152 g/mol. The van der Waals surface area contributed by atoms with Crippen LogP contribution >= 0.6 is 0 Å². The van der Waals surface area contributed by atoms with E-state index in [9.17, 15) is 4.79 Å². The van der Waals surface area contributed by atoms with E-state index in [1.165, 1.54) is 6.92 Å². The third-order valence-corrected chi connectivity index (χ3v) is 1.63. The van der Waals surface area contributed by atoms with E-state index < -0.39 is 30.4 Å². The first kappa shape index (κ1) is 8.45. The smallest absolute Gasteiger partial charge is 0.338 e. The maximum Gasteiger partial charge on any atom is 0.338 e. The SMILES string of the molecule is CC(O)[C@H]1OC(=O)C(O)C1O. The first-order valence-electron chi connectivity index (χ1n) is 3.28. The summed E-state index contributed by atoms with van der Waals surface area (Å²) in [6.45, 7) is 1.37. The zero-order chi connectivity index (χ0) is 8.59. The molecule has 0 aliphatic carbocycles. The second-order valence-corrected chi connectivity index (χ2v) is 2.58. The van der Waals surface area contributed by atoms with Gasteiger partial charge in [0.05, 0.1) is 6.10 Å². The number of ether oxygens (including phenoxy) is 1. The van der Waals surface area contributed by atoms with Crippen LogP contribution in [0.1, 0.15) is 6.92 Å². The molecule has 0 radical (unpaired) electrons. The Labute approximate surface area is 63.2 Å². The normalized spacial score (nSPS) is 40.4. The van der Waals surface area contributed by atoms with Gasteiger partial charge in [0.1, 0.15) is 6.10 Å². The molecular formula is C6H10O5. The van der Waals surface area contributed by atoms with Gasteiger partial charge >= 0.3 is 5.97 Å². The van der Waals surface area contributed by atoms with E-state index in [1.54, 1.807) is 0 Å². The fourth-order valence-electron chi connectivity index (χ4n) is 0.976. The van der Waals surface area contributed by atoms with Crippen LogP contribution in [0.2, 0.25) is 0 Å². The monoisotopic (exact) mass is 162 g/mol. The van der Waals surface area contributed by atoms with E-state index in [0.29, 0.717) is 0 Å². The summed E-state index contributed by atoms with van der Waals surface area (Å²) in [5.41, 5.74) is 0. The lowest BCUT2D eigenvalue weighted by Gasteiger charge is -2.15. The molecule has 0 aromatic heterocycles. The molecule has 11 heavy (non-hydrogen) atoms. The van der Waals surface area contributed by atoms with Gasteiger partial charge < -0.3 is 20.1 Å². The van der Waals surface area contributed by atoms with Gasteiger partial charge in [-0.05, 0) is 6.92 Å². The van der Waals surface area contributed by atoms with Gasteiger partial charge in [-0.3, -0.25) is 0 Å². The summed E-state index contributed by atoms with van der Waals surface area (Å²) in [5.74, 6) is -0.886. The van der Waals surface area contributed by atoms with Crippen LogP contribution in [0.15, 0.2) is 0 Å². The van der Waals surface area contributed by atoms with Gasteiger partial charge in [-0.1, -0.05) is 0 Å². The molecule has 1 aliphatic heterocycles. The van der Waals surface area contributed by atoms with Crippen LogP contribution in [-0.2, 0) is 9.53 Å². The summed E-state index contributed by atoms with van der Waals surface area (Å²) in [7, 11) is 0. The molecule has 0 aromatic carbocycles. The zero-order valence-electron chi connectivity index (χ0n) is 5.97. The first-order valence-corrected chi connectivity index (χ1v) is 3.28. The fourth-order valence-corrected chi connectivity index (χ4v) is 0.976. The maximum absolute atomic E-state index is 10.6. The van der Waals surface area contributed by atoms with Crippen molar-refractivity contribution in [2.24, 2.45) is 0 Å². The number of aliphatic hydroxyl groups excluding tert-OH is 3. The first-order chi connectivity index (χ1) is 5.04. The number of esters is 1. The second kappa shape index (κ2) is 2.77. The van der Waals surface area contributed by atoms with Crippen molar-refractivity contribution in [3.05, 3.63) is 0 Å². The highest BCUT2D eigenvalue weighted by atomic mass is 16.6. The van der Waals surface area contributed by atoms with Crippen molar-refractivity contribution in [1.82, 2.24) is 0 Å². The van der Waals surface area contributed by atoms with Crippen molar-refractivity contribution in [3.63, 3.8) is 0 Å². The Hall–Kier alpha value is -0.650. The lowest BCUT2D eigenvalue weighted by atomic mass is 10.1. The van der Waals surface area contributed by atoms with E-state index in [-0.39, 0.29) is 0 Å². The molecule has 1 saturated heterocycles. The van der Waals surface area contributed by atoms with Crippen molar-refractivity contribution < 1.29 is 24.9 Å². The highest BCUT2D eigenvalue weighted by Gasteiger charge is 2.44. The molecule has 5 nitrogen and oxygen atoms in total. The summed E-state index contributed by atoms with van der Waals surface area (Å²) in [4.78, 5) is 10.6.